The Bertz CT molecular complexity index is 459. The molecule has 0 aliphatic carbocycles. The van der Waals surface area contributed by atoms with Crippen LogP contribution in [0.2, 0.25) is 0 Å². The van der Waals surface area contributed by atoms with Gasteiger partial charge in [0.15, 0.2) is 5.96 Å². The van der Waals surface area contributed by atoms with Gasteiger partial charge in [0.1, 0.15) is 11.9 Å². The van der Waals surface area contributed by atoms with Crippen LogP contribution < -0.4 is 10.6 Å². The van der Waals surface area contributed by atoms with Crippen molar-refractivity contribution in [2.24, 2.45) is 4.99 Å². The largest absolute Gasteiger partial charge is 0.340 e. The summed E-state index contributed by atoms with van der Waals surface area (Å²) in [5, 5.41) is 5.58. The highest BCUT2D eigenvalue weighted by atomic mass is 19.1. The topological polar surface area (TPSA) is 53.5 Å². The zero-order chi connectivity index (χ0) is 12.3. The molecule has 0 spiro atoms. The maximum atomic E-state index is 13.1. The van der Waals surface area contributed by atoms with Gasteiger partial charge in [0.25, 0.3) is 5.91 Å². The Balaban J connectivity index is 2.16. The molecular formula is C12H14FN3O. The van der Waals surface area contributed by atoms with Gasteiger partial charge in [-0.05, 0) is 24.1 Å². The summed E-state index contributed by atoms with van der Waals surface area (Å²) in [7, 11) is 0. The second-order valence-corrected chi connectivity index (χ2v) is 3.85. The lowest BCUT2D eigenvalue weighted by atomic mass is 10.1. The van der Waals surface area contributed by atoms with Crippen LogP contribution in [0.4, 0.5) is 4.39 Å². The van der Waals surface area contributed by atoms with Crippen molar-refractivity contribution in [2.45, 2.75) is 19.4 Å². The van der Waals surface area contributed by atoms with E-state index in [1.807, 2.05) is 6.92 Å². The van der Waals surface area contributed by atoms with Crippen molar-refractivity contribution in [3.8, 4) is 0 Å². The van der Waals surface area contributed by atoms with E-state index in [0.717, 1.165) is 6.42 Å². The number of halogens is 1. The van der Waals surface area contributed by atoms with Gasteiger partial charge in [0, 0.05) is 6.54 Å². The standard InChI is InChI=1S/C12H14FN3O/c1-2-6-14-12-15-10(11(17)16-12)8-4-3-5-9(13)7-8/h3-5,7,10H,2,6H2,1H3,(H2,14,15,16,17). The minimum Gasteiger partial charge on any atom is -0.340 e. The van der Waals surface area contributed by atoms with Gasteiger partial charge in [-0.1, -0.05) is 19.1 Å². The maximum absolute atomic E-state index is 13.1. The molecule has 17 heavy (non-hydrogen) atoms. The number of aliphatic imine (C=N–C) groups is 1. The summed E-state index contributed by atoms with van der Waals surface area (Å²) >= 11 is 0. The van der Waals surface area contributed by atoms with Crippen molar-refractivity contribution in [3.05, 3.63) is 35.6 Å². The van der Waals surface area contributed by atoms with Crippen molar-refractivity contribution < 1.29 is 9.18 Å². The highest BCUT2D eigenvalue weighted by molar-refractivity contribution is 6.06. The number of carbonyl (C=O) groups is 1. The first-order chi connectivity index (χ1) is 8.20. The second-order valence-electron chi connectivity index (χ2n) is 3.85. The summed E-state index contributed by atoms with van der Waals surface area (Å²) in [6.45, 7) is 2.66. The molecule has 5 heteroatoms. The Morgan fingerprint density at radius 2 is 2.29 bits per heavy atom. The lowest BCUT2D eigenvalue weighted by Gasteiger charge is -2.07. The molecule has 1 fully saturated rings. The monoisotopic (exact) mass is 235 g/mol. The number of amides is 1. The van der Waals surface area contributed by atoms with Crippen LogP contribution >= 0.6 is 0 Å². The molecule has 1 aromatic carbocycles. The Labute approximate surface area is 98.9 Å². The van der Waals surface area contributed by atoms with Crippen LogP contribution in [-0.4, -0.2) is 18.4 Å². The highest BCUT2D eigenvalue weighted by Crippen LogP contribution is 2.17. The van der Waals surface area contributed by atoms with Gasteiger partial charge in [-0.2, -0.15) is 0 Å². The molecule has 1 atom stereocenters. The third-order valence-corrected chi connectivity index (χ3v) is 2.46. The average molecular weight is 235 g/mol. The Hall–Kier alpha value is -1.91. The Morgan fingerprint density at radius 3 is 3.00 bits per heavy atom. The van der Waals surface area contributed by atoms with Crippen LogP contribution in [0, 0.1) is 5.82 Å². The number of guanidine groups is 1. The first kappa shape index (κ1) is 11.6. The van der Waals surface area contributed by atoms with E-state index in [4.69, 9.17) is 0 Å². The van der Waals surface area contributed by atoms with E-state index < -0.39 is 6.04 Å². The minimum absolute atomic E-state index is 0.203. The predicted octanol–water partition coefficient (Wildman–Crippen LogP) is 1.35. The van der Waals surface area contributed by atoms with E-state index >= 15 is 0 Å². The van der Waals surface area contributed by atoms with Crippen LogP contribution in [0.1, 0.15) is 24.9 Å². The number of nitrogens with zero attached hydrogens (tertiary/aromatic N) is 1. The van der Waals surface area contributed by atoms with Gasteiger partial charge in [-0.3, -0.25) is 15.1 Å². The van der Waals surface area contributed by atoms with Crippen molar-refractivity contribution in [2.75, 3.05) is 6.54 Å². The van der Waals surface area contributed by atoms with Gasteiger partial charge >= 0.3 is 0 Å². The molecule has 1 saturated heterocycles. The van der Waals surface area contributed by atoms with Crippen LogP contribution in [0.3, 0.4) is 0 Å². The molecule has 0 aromatic heterocycles. The van der Waals surface area contributed by atoms with Gasteiger partial charge in [-0.25, -0.2) is 4.39 Å². The number of rotatable bonds is 3. The number of carbonyl (C=O) groups excluding carboxylic acids is 1. The van der Waals surface area contributed by atoms with E-state index in [1.54, 1.807) is 12.1 Å². The summed E-state index contributed by atoms with van der Waals surface area (Å²) in [5.41, 5.74) is 0.601. The summed E-state index contributed by atoms with van der Waals surface area (Å²) in [6, 6.07) is 5.44. The molecule has 0 saturated carbocycles. The van der Waals surface area contributed by atoms with Crippen LogP contribution in [0.15, 0.2) is 29.3 Å². The average Bonchev–Trinajstić information content (AvgIpc) is 2.68. The van der Waals surface area contributed by atoms with Crippen molar-refractivity contribution in [1.82, 2.24) is 10.6 Å². The summed E-state index contributed by atoms with van der Waals surface area (Å²) in [5.74, 6) is -0.0902. The normalized spacial score (nSPS) is 21.4. The third kappa shape index (κ3) is 2.61. The number of hydrogen-bond donors (Lipinski definition) is 2. The molecule has 4 nitrogen and oxygen atoms in total. The molecule has 1 heterocycles. The van der Waals surface area contributed by atoms with Crippen molar-refractivity contribution >= 4 is 11.9 Å². The molecule has 1 unspecified atom stereocenters. The molecule has 1 aliphatic rings. The third-order valence-electron chi connectivity index (χ3n) is 2.46. The van der Waals surface area contributed by atoms with E-state index in [2.05, 4.69) is 15.6 Å². The Kier molecular flexibility index (Phi) is 3.37. The fraction of sp³-hybridized carbons (Fsp3) is 0.333. The van der Waals surface area contributed by atoms with Gasteiger partial charge in [0.05, 0.1) is 0 Å². The van der Waals surface area contributed by atoms with Gasteiger partial charge in [-0.15, -0.1) is 0 Å². The molecule has 90 valence electrons. The quantitative estimate of drug-likeness (QED) is 0.831. The second kappa shape index (κ2) is 4.95. The predicted molar refractivity (Wildman–Crippen MR) is 63.0 cm³/mol. The molecule has 2 rings (SSSR count). The van der Waals surface area contributed by atoms with Crippen LogP contribution in [-0.2, 0) is 4.79 Å². The highest BCUT2D eigenvalue weighted by Gasteiger charge is 2.29. The van der Waals surface area contributed by atoms with E-state index in [1.165, 1.54) is 12.1 Å². The van der Waals surface area contributed by atoms with E-state index in [0.29, 0.717) is 18.1 Å². The molecule has 2 N–H and O–H groups in total. The molecule has 1 aromatic rings. The zero-order valence-corrected chi connectivity index (χ0v) is 9.53. The van der Waals surface area contributed by atoms with Crippen LogP contribution in [0.25, 0.3) is 0 Å². The van der Waals surface area contributed by atoms with Crippen molar-refractivity contribution in [1.29, 1.82) is 0 Å². The number of benzene rings is 1. The number of nitrogens with one attached hydrogen (secondary N) is 2. The molecular weight excluding hydrogens is 221 g/mol. The van der Waals surface area contributed by atoms with Crippen molar-refractivity contribution in [3.63, 3.8) is 0 Å². The minimum atomic E-state index is -0.554. The van der Waals surface area contributed by atoms with Crippen LogP contribution in [0.5, 0.6) is 0 Å². The molecule has 1 amide bonds. The van der Waals surface area contributed by atoms with E-state index in [-0.39, 0.29) is 11.7 Å². The lowest BCUT2D eigenvalue weighted by Crippen LogP contribution is -2.25. The number of hydrogen-bond acceptors (Lipinski definition) is 2. The summed E-state index contributed by atoms with van der Waals surface area (Å²) in [6.07, 6.45) is 0.908. The smallest absolute Gasteiger partial charge is 0.253 e. The summed E-state index contributed by atoms with van der Waals surface area (Å²) in [4.78, 5) is 15.9. The SMILES string of the molecule is CCCN=C1NC(=O)C(c2cccc(F)c2)N1. The molecule has 1 aliphatic heterocycles. The fourth-order valence-corrected chi connectivity index (χ4v) is 1.66. The first-order valence-corrected chi connectivity index (χ1v) is 5.58. The fourth-order valence-electron chi connectivity index (χ4n) is 1.66. The molecule has 0 radical (unpaired) electrons. The summed E-state index contributed by atoms with van der Waals surface area (Å²) < 4.78 is 13.1. The van der Waals surface area contributed by atoms with E-state index in [9.17, 15) is 9.18 Å². The zero-order valence-electron chi connectivity index (χ0n) is 9.53. The molecule has 0 bridgehead atoms. The maximum Gasteiger partial charge on any atom is 0.253 e. The Morgan fingerprint density at radius 1 is 1.47 bits per heavy atom. The van der Waals surface area contributed by atoms with Gasteiger partial charge in [0.2, 0.25) is 0 Å². The first-order valence-electron chi connectivity index (χ1n) is 5.58. The lowest BCUT2D eigenvalue weighted by molar-refractivity contribution is -0.120. The van der Waals surface area contributed by atoms with Gasteiger partial charge < -0.3 is 5.32 Å².